The van der Waals surface area contributed by atoms with Crippen molar-refractivity contribution in [1.29, 1.82) is 5.26 Å². The summed E-state index contributed by atoms with van der Waals surface area (Å²) in [6.07, 6.45) is 1.95. The normalized spacial score (nSPS) is 14.1. The van der Waals surface area contributed by atoms with Crippen LogP contribution < -0.4 is 29.4 Å². The largest absolute Gasteiger partial charge is 0.490 e. The molecule has 0 aliphatic carbocycles. The number of hydrogen-bond donors (Lipinski definition) is 1. The first-order chi connectivity index (χ1) is 19.8. The van der Waals surface area contributed by atoms with Crippen LogP contribution in [0.3, 0.4) is 0 Å². The molecule has 0 saturated carbocycles. The first-order valence-electron chi connectivity index (χ1n) is 13.9. The SMILES string of the molecule is CCCCOc1ccc(C2C(C#N)=C(N)Oc3cc(OC(=O)COc4ccc(C(C)C)cc4)ccc32)cc1OCC. The number of nitrogens with zero attached hydrogens (tertiary/aromatic N) is 1. The average Bonchev–Trinajstić information content (AvgIpc) is 2.96. The predicted octanol–water partition coefficient (Wildman–Crippen LogP) is 6.59. The number of unbranched alkanes of at least 4 members (excludes halogenated alkanes) is 1. The molecule has 1 heterocycles. The summed E-state index contributed by atoms with van der Waals surface area (Å²) in [6, 6.07) is 20.4. The molecule has 8 nitrogen and oxygen atoms in total. The summed E-state index contributed by atoms with van der Waals surface area (Å²) in [6.45, 7) is 9.02. The highest BCUT2D eigenvalue weighted by Crippen LogP contribution is 2.45. The van der Waals surface area contributed by atoms with Crippen molar-refractivity contribution in [3.05, 3.63) is 88.8 Å². The summed E-state index contributed by atoms with van der Waals surface area (Å²) in [5.74, 6) is 1.81. The van der Waals surface area contributed by atoms with Crippen LogP contribution in [0.15, 0.2) is 72.1 Å². The van der Waals surface area contributed by atoms with Crippen LogP contribution in [0.2, 0.25) is 0 Å². The Morgan fingerprint density at radius 3 is 2.41 bits per heavy atom. The Labute approximate surface area is 241 Å². The first kappa shape index (κ1) is 29.3. The number of fused-ring (bicyclic) bond motifs is 1. The lowest BCUT2D eigenvalue weighted by molar-refractivity contribution is -0.136. The molecule has 3 aromatic carbocycles. The van der Waals surface area contributed by atoms with E-state index >= 15 is 0 Å². The van der Waals surface area contributed by atoms with Crippen molar-refractivity contribution in [2.45, 2.75) is 52.4 Å². The van der Waals surface area contributed by atoms with Crippen LogP contribution in [0.1, 0.15) is 69.1 Å². The Morgan fingerprint density at radius 1 is 0.976 bits per heavy atom. The fraction of sp³-hybridized carbons (Fsp3) is 0.333. The lowest BCUT2D eigenvalue weighted by atomic mass is 9.83. The van der Waals surface area contributed by atoms with E-state index in [1.54, 1.807) is 18.2 Å². The van der Waals surface area contributed by atoms with E-state index < -0.39 is 11.9 Å². The van der Waals surface area contributed by atoms with Gasteiger partial charge in [-0.3, -0.25) is 0 Å². The number of carbonyl (C=O) groups is 1. The Bertz CT molecular complexity index is 1440. The number of carbonyl (C=O) groups excluding carboxylic acids is 1. The Hall–Kier alpha value is -4.64. The van der Waals surface area contributed by atoms with Gasteiger partial charge in [0, 0.05) is 11.6 Å². The van der Waals surface area contributed by atoms with E-state index in [1.807, 2.05) is 49.4 Å². The highest BCUT2D eigenvalue weighted by atomic mass is 16.6. The minimum atomic E-state index is -0.563. The molecule has 0 radical (unpaired) electrons. The van der Waals surface area contributed by atoms with Crippen LogP contribution in [0.5, 0.6) is 28.7 Å². The fourth-order valence-corrected chi connectivity index (χ4v) is 4.51. The number of nitriles is 1. The van der Waals surface area contributed by atoms with Gasteiger partial charge in [-0.25, -0.2) is 4.79 Å². The van der Waals surface area contributed by atoms with Crippen LogP contribution >= 0.6 is 0 Å². The minimum absolute atomic E-state index is 0.0112. The van der Waals surface area contributed by atoms with Crippen molar-refractivity contribution < 1.29 is 28.5 Å². The van der Waals surface area contributed by atoms with Crippen LogP contribution in [0, 0.1) is 11.3 Å². The summed E-state index contributed by atoms with van der Waals surface area (Å²) < 4.78 is 28.7. The second-order valence-corrected chi connectivity index (χ2v) is 9.95. The third-order valence-electron chi connectivity index (χ3n) is 6.68. The quantitative estimate of drug-likeness (QED) is 0.151. The van der Waals surface area contributed by atoms with Crippen molar-refractivity contribution in [2.75, 3.05) is 19.8 Å². The summed E-state index contributed by atoms with van der Waals surface area (Å²) in [5, 5.41) is 9.95. The van der Waals surface area contributed by atoms with E-state index in [9.17, 15) is 10.1 Å². The standard InChI is InChI=1S/C33H36N2O6/c1-5-7-16-38-28-15-10-23(17-30(28)37-6-2)32-26-14-13-25(18-29(26)41-33(35)27(32)19-34)40-31(36)20-39-24-11-8-22(9-12-24)21(3)4/h8-15,17-18,21,32H,5-7,16,20,35H2,1-4H3. The van der Waals surface area contributed by atoms with Crippen molar-refractivity contribution in [3.8, 4) is 34.8 Å². The molecule has 3 aromatic rings. The van der Waals surface area contributed by atoms with Crippen molar-refractivity contribution >= 4 is 5.97 Å². The zero-order valence-electron chi connectivity index (χ0n) is 23.9. The van der Waals surface area contributed by atoms with Gasteiger partial charge in [-0.1, -0.05) is 51.5 Å². The number of esters is 1. The van der Waals surface area contributed by atoms with Gasteiger partial charge in [0.2, 0.25) is 5.88 Å². The Morgan fingerprint density at radius 2 is 1.73 bits per heavy atom. The number of nitrogens with two attached hydrogens (primary N) is 1. The van der Waals surface area contributed by atoms with Crippen molar-refractivity contribution in [2.24, 2.45) is 5.73 Å². The van der Waals surface area contributed by atoms with Gasteiger partial charge in [0.25, 0.3) is 0 Å². The molecular formula is C33H36N2O6. The van der Waals surface area contributed by atoms with E-state index in [0.717, 1.165) is 18.4 Å². The van der Waals surface area contributed by atoms with Gasteiger partial charge in [-0.05, 0) is 60.7 Å². The third kappa shape index (κ3) is 7.12. The van der Waals surface area contributed by atoms with Crippen LogP contribution in [0.25, 0.3) is 0 Å². The van der Waals surface area contributed by atoms with Gasteiger partial charge < -0.3 is 29.4 Å². The van der Waals surface area contributed by atoms with Gasteiger partial charge in [0.05, 0.1) is 19.1 Å². The zero-order chi connectivity index (χ0) is 29.4. The smallest absolute Gasteiger partial charge is 0.349 e. The van der Waals surface area contributed by atoms with Crippen LogP contribution in [-0.2, 0) is 4.79 Å². The summed E-state index contributed by atoms with van der Waals surface area (Å²) >= 11 is 0. The van der Waals surface area contributed by atoms with Gasteiger partial charge in [0.15, 0.2) is 18.1 Å². The molecule has 0 amide bonds. The van der Waals surface area contributed by atoms with E-state index in [-0.39, 0.29) is 23.8 Å². The average molecular weight is 557 g/mol. The molecule has 4 rings (SSSR count). The first-order valence-corrected chi connectivity index (χ1v) is 13.9. The number of hydrogen-bond acceptors (Lipinski definition) is 8. The highest BCUT2D eigenvalue weighted by molar-refractivity contribution is 5.74. The number of benzene rings is 3. The molecule has 8 heteroatoms. The lowest BCUT2D eigenvalue weighted by Gasteiger charge is -2.27. The maximum absolute atomic E-state index is 12.5. The maximum atomic E-state index is 12.5. The Balaban J connectivity index is 1.53. The fourth-order valence-electron chi connectivity index (χ4n) is 4.51. The molecule has 0 spiro atoms. The van der Waals surface area contributed by atoms with E-state index in [4.69, 9.17) is 29.4 Å². The summed E-state index contributed by atoms with van der Waals surface area (Å²) in [5.41, 5.74) is 9.15. The van der Waals surface area contributed by atoms with E-state index in [2.05, 4.69) is 26.8 Å². The van der Waals surface area contributed by atoms with Gasteiger partial charge in [-0.15, -0.1) is 0 Å². The zero-order valence-corrected chi connectivity index (χ0v) is 23.9. The molecule has 0 aromatic heterocycles. The molecule has 0 bridgehead atoms. The second-order valence-electron chi connectivity index (χ2n) is 9.95. The molecule has 1 atom stereocenters. The molecule has 2 N–H and O–H groups in total. The molecular weight excluding hydrogens is 520 g/mol. The summed E-state index contributed by atoms with van der Waals surface area (Å²) in [4.78, 5) is 12.5. The van der Waals surface area contributed by atoms with Gasteiger partial charge >= 0.3 is 5.97 Å². The molecule has 0 fully saturated rings. The summed E-state index contributed by atoms with van der Waals surface area (Å²) in [7, 11) is 0. The molecule has 1 aliphatic rings. The topological polar surface area (TPSA) is 113 Å². The second kappa shape index (κ2) is 13.6. The van der Waals surface area contributed by atoms with Crippen molar-refractivity contribution in [3.63, 3.8) is 0 Å². The lowest BCUT2D eigenvalue weighted by Crippen LogP contribution is -2.22. The molecule has 214 valence electrons. The molecule has 1 unspecified atom stereocenters. The van der Waals surface area contributed by atoms with Crippen LogP contribution in [-0.4, -0.2) is 25.8 Å². The number of ether oxygens (including phenoxy) is 5. The highest BCUT2D eigenvalue weighted by Gasteiger charge is 2.32. The van der Waals surface area contributed by atoms with E-state index in [1.165, 1.54) is 5.56 Å². The molecule has 41 heavy (non-hydrogen) atoms. The number of rotatable bonds is 12. The van der Waals surface area contributed by atoms with Crippen LogP contribution in [0.4, 0.5) is 0 Å². The monoisotopic (exact) mass is 556 g/mol. The molecule has 0 saturated heterocycles. The molecule has 1 aliphatic heterocycles. The minimum Gasteiger partial charge on any atom is -0.490 e. The van der Waals surface area contributed by atoms with Gasteiger partial charge in [-0.2, -0.15) is 5.26 Å². The Kier molecular flexibility index (Phi) is 9.75. The van der Waals surface area contributed by atoms with Gasteiger partial charge in [0.1, 0.15) is 28.9 Å². The number of allylic oxidation sites excluding steroid dienone is 1. The predicted molar refractivity (Wildman–Crippen MR) is 155 cm³/mol. The maximum Gasteiger partial charge on any atom is 0.349 e. The van der Waals surface area contributed by atoms with E-state index in [0.29, 0.717) is 47.7 Å². The van der Waals surface area contributed by atoms with Crippen molar-refractivity contribution in [1.82, 2.24) is 0 Å². The third-order valence-corrected chi connectivity index (χ3v) is 6.68.